The summed E-state index contributed by atoms with van der Waals surface area (Å²) in [5.41, 5.74) is 1.08. The Morgan fingerprint density at radius 1 is 1.12 bits per heavy atom. The van der Waals surface area contributed by atoms with E-state index in [4.69, 9.17) is 14.2 Å². The van der Waals surface area contributed by atoms with Gasteiger partial charge in [0.2, 0.25) is 0 Å². The quantitative estimate of drug-likeness (QED) is 0.529. The molecule has 2 N–H and O–H groups in total. The fraction of sp³-hybridized carbons (Fsp3) is 0.348. The van der Waals surface area contributed by atoms with Gasteiger partial charge in [0, 0.05) is 11.3 Å². The Kier molecular flexibility index (Phi) is 8.27. The Balaban J connectivity index is 1.74. The lowest BCUT2D eigenvalue weighted by atomic mass is 9.95. The highest BCUT2D eigenvalue weighted by Gasteiger charge is 2.34. The summed E-state index contributed by atoms with van der Waals surface area (Å²) in [4.78, 5) is 38.4. The maximum atomic E-state index is 12.7. The molecule has 0 aliphatic carbocycles. The van der Waals surface area contributed by atoms with Crippen LogP contribution in [0.2, 0.25) is 0 Å². The molecule has 8 nitrogen and oxygen atoms in total. The van der Waals surface area contributed by atoms with Crippen LogP contribution in [0.1, 0.15) is 36.2 Å². The predicted molar refractivity (Wildman–Crippen MR) is 119 cm³/mol. The largest absolute Gasteiger partial charge is 0.497 e. The number of esters is 2. The van der Waals surface area contributed by atoms with Crippen LogP contribution >= 0.6 is 11.3 Å². The number of hydrogen-bond donors (Lipinski definition) is 2. The summed E-state index contributed by atoms with van der Waals surface area (Å²) in [5.74, 6) is -0.344. The molecule has 2 heterocycles. The maximum absolute atomic E-state index is 12.7. The molecule has 0 spiro atoms. The van der Waals surface area contributed by atoms with Crippen LogP contribution in [0.4, 0.5) is 4.79 Å². The zero-order valence-corrected chi connectivity index (χ0v) is 18.8. The van der Waals surface area contributed by atoms with Gasteiger partial charge >= 0.3 is 18.0 Å². The van der Waals surface area contributed by atoms with Crippen molar-refractivity contribution in [3.63, 3.8) is 0 Å². The molecule has 1 atom stereocenters. The van der Waals surface area contributed by atoms with E-state index in [1.165, 1.54) is 4.88 Å². The van der Waals surface area contributed by atoms with Crippen LogP contribution < -0.4 is 15.4 Å². The Labute approximate surface area is 190 Å². The summed E-state index contributed by atoms with van der Waals surface area (Å²) in [6, 6.07) is 9.73. The molecule has 1 aromatic heterocycles. The number of carbonyl (C=O) groups is 3. The highest BCUT2D eigenvalue weighted by atomic mass is 32.1. The molecule has 9 heteroatoms. The number of carbonyl (C=O) groups excluding carboxylic acids is 3. The highest BCUT2D eigenvalue weighted by Crippen LogP contribution is 2.29. The summed E-state index contributed by atoms with van der Waals surface area (Å²) in [5, 5.41) is 7.32. The third kappa shape index (κ3) is 6.10. The SMILES string of the molecule is CCOC(=O)C1=C(COC(=O)CCCc2cccs2)NC(=O)NC1c1ccc(OC)cc1. The Morgan fingerprint density at radius 3 is 2.56 bits per heavy atom. The number of nitrogens with one attached hydrogen (secondary N) is 2. The minimum absolute atomic E-state index is 0.168. The first-order valence-corrected chi connectivity index (χ1v) is 11.2. The molecular weight excluding hydrogens is 432 g/mol. The third-order valence-corrected chi connectivity index (χ3v) is 5.80. The molecule has 0 saturated heterocycles. The van der Waals surface area contributed by atoms with Crippen LogP contribution in [-0.4, -0.2) is 38.3 Å². The van der Waals surface area contributed by atoms with E-state index < -0.39 is 24.0 Å². The Morgan fingerprint density at radius 2 is 1.91 bits per heavy atom. The Bertz CT molecular complexity index is 969. The van der Waals surface area contributed by atoms with E-state index in [0.717, 1.165) is 6.42 Å². The third-order valence-electron chi connectivity index (χ3n) is 4.86. The highest BCUT2D eigenvalue weighted by molar-refractivity contribution is 7.09. The van der Waals surface area contributed by atoms with Gasteiger partial charge in [0.05, 0.1) is 31.0 Å². The van der Waals surface area contributed by atoms with Gasteiger partial charge in [0.25, 0.3) is 0 Å². The van der Waals surface area contributed by atoms with E-state index in [-0.39, 0.29) is 30.9 Å². The van der Waals surface area contributed by atoms with Crippen molar-refractivity contribution in [1.82, 2.24) is 10.6 Å². The minimum atomic E-state index is -0.749. The van der Waals surface area contributed by atoms with Gasteiger partial charge in [-0.3, -0.25) is 4.79 Å². The zero-order chi connectivity index (χ0) is 22.9. The first kappa shape index (κ1) is 23.3. The molecule has 0 fully saturated rings. The second kappa shape index (κ2) is 11.3. The number of thiophene rings is 1. The lowest BCUT2D eigenvalue weighted by Gasteiger charge is -2.29. The summed E-state index contributed by atoms with van der Waals surface area (Å²) in [6.45, 7) is 1.64. The average molecular weight is 459 g/mol. The van der Waals surface area contributed by atoms with Gasteiger partial charge in [0.15, 0.2) is 0 Å². The lowest BCUT2D eigenvalue weighted by Crippen LogP contribution is -2.47. The molecule has 1 aliphatic heterocycles. The molecule has 0 bridgehead atoms. The van der Waals surface area contributed by atoms with E-state index >= 15 is 0 Å². The molecule has 3 rings (SSSR count). The molecule has 0 radical (unpaired) electrons. The van der Waals surface area contributed by atoms with Crippen molar-refractivity contribution in [3.05, 3.63) is 63.5 Å². The molecule has 0 saturated carbocycles. The minimum Gasteiger partial charge on any atom is -0.497 e. The zero-order valence-electron chi connectivity index (χ0n) is 18.0. The number of ether oxygens (including phenoxy) is 3. The van der Waals surface area contributed by atoms with Gasteiger partial charge < -0.3 is 24.8 Å². The number of urea groups is 1. The maximum Gasteiger partial charge on any atom is 0.338 e. The molecule has 2 amide bonds. The van der Waals surface area contributed by atoms with Gasteiger partial charge in [-0.25, -0.2) is 9.59 Å². The summed E-state index contributed by atoms with van der Waals surface area (Å²) < 4.78 is 15.7. The molecule has 2 aromatic rings. The predicted octanol–water partition coefficient (Wildman–Crippen LogP) is 3.49. The topological polar surface area (TPSA) is 103 Å². The van der Waals surface area contributed by atoms with E-state index in [1.54, 1.807) is 49.6 Å². The normalized spacial score (nSPS) is 15.6. The summed E-state index contributed by atoms with van der Waals surface area (Å²) >= 11 is 1.65. The standard InChI is InChI=1S/C23H26N2O6S/c1-3-30-22(27)20-18(14-31-19(26)8-4-6-17-7-5-13-32-17)24-23(28)25-21(20)15-9-11-16(29-2)12-10-15/h5,7,9-13,21H,3-4,6,8,14H2,1-2H3,(H2,24,25,28). The first-order chi connectivity index (χ1) is 15.5. The van der Waals surface area contributed by atoms with Crippen LogP contribution in [0.25, 0.3) is 0 Å². The lowest BCUT2D eigenvalue weighted by molar-refractivity contribution is -0.143. The fourth-order valence-electron chi connectivity index (χ4n) is 3.31. The van der Waals surface area contributed by atoms with Crippen molar-refractivity contribution in [2.75, 3.05) is 20.3 Å². The van der Waals surface area contributed by atoms with Crippen molar-refractivity contribution in [2.45, 2.75) is 32.2 Å². The van der Waals surface area contributed by atoms with Gasteiger partial charge in [0.1, 0.15) is 12.4 Å². The van der Waals surface area contributed by atoms with Crippen LogP contribution in [0.5, 0.6) is 5.75 Å². The van der Waals surface area contributed by atoms with Crippen molar-refractivity contribution in [2.24, 2.45) is 0 Å². The molecule has 170 valence electrons. The first-order valence-electron chi connectivity index (χ1n) is 10.3. The average Bonchev–Trinajstić information content (AvgIpc) is 3.31. The van der Waals surface area contributed by atoms with Crippen LogP contribution in [0.3, 0.4) is 0 Å². The fourth-order valence-corrected chi connectivity index (χ4v) is 4.07. The van der Waals surface area contributed by atoms with Crippen LogP contribution in [0.15, 0.2) is 53.0 Å². The number of hydrogen-bond acceptors (Lipinski definition) is 7. The number of aryl methyl sites for hydroxylation is 1. The summed E-state index contributed by atoms with van der Waals surface area (Å²) in [7, 11) is 1.55. The van der Waals surface area contributed by atoms with Crippen LogP contribution in [-0.2, 0) is 25.5 Å². The van der Waals surface area contributed by atoms with E-state index in [1.807, 2.05) is 17.5 Å². The monoisotopic (exact) mass is 458 g/mol. The van der Waals surface area contributed by atoms with Gasteiger partial charge in [-0.05, 0) is 48.9 Å². The van der Waals surface area contributed by atoms with Crippen molar-refractivity contribution < 1.29 is 28.6 Å². The molecule has 32 heavy (non-hydrogen) atoms. The number of benzene rings is 1. The molecule has 1 aliphatic rings. The van der Waals surface area contributed by atoms with Crippen molar-refractivity contribution >= 4 is 29.3 Å². The second-order valence-electron chi connectivity index (χ2n) is 7.01. The van der Waals surface area contributed by atoms with Crippen LogP contribution in [0, 0.1) is 0 Å². The van der Waals surface area contributed by atoms with E-state index in [0.29, 0.717) is 17.7 Å². The molecular formula is C23H26N2O6S. The van der Waals surface area contributed by atoms with Gasteiger partial charge in [-0.2, -0.15) is 0 Å². The number of methoxy groups -OCH3 is 1. The van der Waals surface area contributed by atoms with E-state index in [9.17, 15) is 14.4 Å². The van der Waals surface area contributed by atoms with E-state index in [2.05, 4.69) is 10.6 Å². The van der Waals surface area contributed by atoms with Crippen molar-refractivity contribution in [3.8, 4) is 5.75 Å². The van der Waals surface area contributed by atoms with Crippen molar-refractivity contribution in [1.29, 1.82) is 0 Å². The molecule has 1 unspecified atom stereocenters. The number of amides is 2. The number of rotatable bonds is 10. The smallest absolute Gasteiger partial charge is 0.338 e. The Hall–Kier alpha value is -3.33. The van der Waals surface area contributed by atoms with Gasteiger partial charge in [-0.1, -0.05) is 18.2 Å². The molecule has 1 aromatic carbocycles. The second-order valence-corrected chi connectivity index (χ2v) is 8.04. The summed E-state index contributed by atoms with van der Waals surface area (Å²) in [6.07, 6.45) is 1.70. The van der Waals surface area contributed by atoms with Gasteiger partial charge in [-0.15, -0.1) is 11.3 Å².